The molecule has 1 fully saturated rings. The molecule has 2 aliphatic rings. The number of fused-ring (bicyclic) bond motifs is 1. The summed E-state index contributed by atoms with van der Waals surface area (Å²) in [7, 11) is -3.54. The monoisotopic (exact) mass is 510 g/mol. The second-order valence-corrected chi connectivity index (χ2v) is 11.8. The fraction of sp³-hybridized carbons (Fsp3) is 0.522. The van der Waals surface area contributed by atoms with Crippen molar-refractivity contribution in [3.05, 3.63) is 52.9 Å². The van der Waals surface area contributed by atoms with Gasteiger partial charge in [-0.05, 0) is 45.4 Å². The summed E-state index contributed by atoms with van der Waals surface area (Å²) in [5.41, 5.74) is 0.672. The Labute approximate surface area is 202 Å². The molecule has 1 saturated heterocycles. The van der Waals surface area contributed by atoms with Crippen LogP contribution in [0.25, 0.3) is 0 Å². The van der Waals surface area contributed by atoms with Crippen molar-refractivity contribution in [2.75, 3.05) is 12.9 Å². The van der Waals surface area contributed by atoms with Crippen molar-refractivity contribution < 1.29 is 31.5 Å². The lowest BCUT2D eigenvalue weighted by atomic mass is 9.92. The van der Waals surface area contributed by atoms with Crippen LogP contribution in [0.15, 0.2) is 29.6 Å². The van der Waals surface area contributed by atoms with Gasteiger partial charge in [-0.1, -0.05) is 0 Å². The van der Waals surface area contributed by atoms with E-state index in [0.717, 1.165) is 30.0 Å². The second kappa shape index (κ2) is 9.40. The van der Waals surface area contributed by atoms with Crippen molar-refractivity contribution in [3.63, 3.8) is 0 Å². The summed E-state index contributed by atoms with van der Waals surface area (Å²) in [5.74, 6) is -1.25. The first kappa shape index (κ1) is 25.4. The summed E-state index contributed by atoms with van der Waals surface area (Å²) < 4.78 is 63.5. The standard InChI is InChI=1S/C23H28F2N4O5S/c1-23(2,3)34-22(30)28-18-8-15(12-33-20(18)16-7-14(24)5-6-17(16)25)29-10-13-9-26-21(35(4,31)32)27-19(13)11-29/h5-7,9,15,18,20H,8,10-12H2,1-4H3,(H,28,30)/t15-,18+,20-/m1/s1. The first-order valence-corrected chi connectivity index (χ1v) is 13.0. The largest absolute Gasteiger partial charge is 0.444 e. The van der Waals surface area contributed by atoms with Crippen LogP contribution in [0.5, 0.6) is 0 Å². The third kappa shape index (κ3) is 5.93. The summed E-state index contributed by atoms with van der Waals surface area (Å²) in [6.45, 7) is 6.20. The van der Waals surface area contributed by atoms with Crippen molar-refractivity contribution in [1.82, 2.24) is 20.2 Å². The van der Waals surface area contributed by atoms with E-state index in [1.165, 1.54) is 6.20 Å². The van der Waals surface area contributed by atoms with Crippen LogP contribution in [0.3, 0.4) is 0 Å². The van der Waals surface area contributed by atoms with Crippen LogP contribution in [0.2, 0.25) is 0 Å². The number of halogens is 2. The van der Waals surface area contributed by atoms with Crippen molar-refractivity contribution in [3.8, 4) is 0 Å². The Morgan fingerprint density at radius 3 is 2.69 bits per heavy atom. The summed E-state index contributed by atoms with van der Waals surface area (Å²) in [4.78, 5) is 22.7. The minimum atomic E-state index is -3.54. The van der Waals surface area contributed by atoms with E-state index < -0.39 is 45.3 Å². The van der Waals surface area contributed by atoms with E-state index in [4.69, 9.17) is 9.47 Å². The Kier molecular flexibility index (Phi) is 6.82. The first-order chi connectivity index (χ1) is 16.3. The third-order valence-electron chi connectivity index (χ3n) is 5.83. The van der Waals surface area contributed by atoms with E-state index in [0.29, 0.717) is 25.2 Å². The van der Waals surface area contributed by atoms with Gasteiger partial charge in [0.15, 0.2) is 0 Å². The average molecular weight is 511 g/mol. The number of sulfone groups is 1. The Hall–Kier alpha value is -2.70. The zero-order chi connectivity index (χ0) is 25.5. The minimum Gasteiger partial charge on any atom is -0.444 e. The molecule has 35 heavy (non-hydrogen) atoms. The molecule has 1 aromatic carbocycles. The fourth-order valence-electron chi connectivity index (χ4n) is 4.30. The van der Waals surface area contributed by atoms with E-state index in [1.54, 1.807) is 20.8 Å². The lowest BCUT2D eigenvalue weighted by molar-refractivity contribution is -0.0628. The van der Waals surface area contributed by atoms with Gasteiger partial charge in [-0.25, -0.2) is 32.0 Å². The highest BCUT2D eigenvalue weighted by molar-refractivity contribution is 7.90. The molecule has 12 heteroatoms. The Morgan fingerprint density at radius 1 is 1.26 bits per heavy atom. The molecule has 3 atom stereocenters. The molecule has 3 heterocycles. The SMILES string of the molecule is CC(C)(C)OC(=O)N[C@H]1C[C@@H](N2Cc3cnc(S(C)(=O)=O)nc3C2)CO[C@@H]1c1cc(F)ccc1F. The summed E-state index contributed by atoms with van der Waals surface area (Å²) >= 11 is 0. The quantitative estimate of drug-likeness (QED) is 0.626. The lowest BCUT2D eigenvalue weighted by Crippen LogP contribution is -2.52. The molecule has 2 aromatic rings. The number of alkyl carbamates (subject to hydrolysis) is 1. The van der Waals surface area contributed by atoms with E-state index in [9.17, 15) is 22.0 Å². The number of ether oxygens (including phenoxy) is 2. The molecule has 0 saturated carbocycles. The number of nitrogens with one attached hydrogen (secondary N) is 1. The number of aromatic nitrogens is 2. The van der Waals surface area contributed by atoms with Crippen LogP contribution in [0, 0.1) is 11.6 Å². The van der Waals surface area contributed by atoms with Crippen molar-refractivity contribution in [2.45, 2.75) is 69.2 Å². The molecule has 1 N–H and O–H groups in total. The molecule has 0 radical (unpaired) electrons. The predicted molar refractivity (Wildman–Crippen MR) is 121 cm³/mol. The molecule has 0 unspecified atom stereocenters. The van der Waals surface area contributed by atoms with Crippen molar-refractivity contribution in [1.29, 1.82) is 0 Å². The van der Waals surface area contributed by atoms with Crippen LogP contribution < -0.4 is 5.32 Å². The molecule has 1 aromatic heterocycles. The predicted octanol–water partition coefficient (Wildman–Crippen LogP) is 2.90. The maximum absolute atomic E-state index is 14.6. The minimum absolute atomic E-state index is 0.0119. The van der Waals surface area contributed by atoms with Gasteiger partial charge in [0.1, 0.15) is 23.3 Å². The van der Waals surface area contributed by atoms with Crippen LogP contribution in [0.1, 0.15) is 50.1 Å². The number of rotatable bonds is 4. The van der Waals surface area contributed by atoms with Crippen LogP contribution in [0.4, 0.5) is 13.6 Å². The molecule has 2 aliphatic heterocycles. The highest BCUT2D eigenvalue weighted by Crippen LogP contribution is 2.35. The third-order valence-corrected chi connectivity index (χ3v) is 6.69. The number of carbonyl (C=O) groups is 1. The number of carbonyl (C=O) groups excluding carboxylic acids is 1. The van der Waals surface area contributed by atoms with Gasteiger partial charge in [0.2, 0.25) is 15.0 Å². The molecule has 9 nitrogen and oxygen atoms in total. The zero-order valence-electron chi connectivity index (χ0n) is 19.9. The highest BCUT2D eigenvalue weighted by Gasteiger charge is 2.40. The number of hydrogen-bond donors (Lipinski definition) is 1. The van der Waals surface area contributed by atoms with Gasteiger partial charge >= 0.3 is 6.09 Å². The molecule has 0 aliphatic carbocycles. The van der Waals surface area contributed by atoms with Gasteiger partial charge in [-0.15, -0.1) is 0 Å². The molecule has 190 valence electrons. The van der Waals surface area contributed by atoms with Gasteiger partial charge in [0.25, 0.3) is 0 Å². The second-order valence-electron chi connectivity index (χ2n) is 9.86. The molecule has 0 spiro atoms. The summed E-state index contributed by atoms with van der Waals surface area (Å²) in [5, 5.41) is 2.53. The topological polar surface area (TPSA) is 111 Å². The smallest absolute Gasteiger partial charge is 0.407 e. The van der Waals surface area contributed by atoms with Gasteiger partial charge < -0.3 is 14.8 Å². The molecular weight excluding hydrogens is 482 g/mol. The Balaban J connectivity index is 1.55. The van der Waals surface area contributed by atoms with Gasteiger partial charge in [0, 0.05) is 42.7 Å². The van der Waals surface area contributed by atoms with E-state index >= 15 is 0 Å². The maximum atomic E-state index is 14.6. The Bertz CT molecular complexity index is 1230. The summed E-state index contributed by atoms with van der Waals surface area (Å²) in [6, 6.07) is 2.20. The highest BCUT2D eigenvalue weighted by atomic mass is 32.2. The van der Waals surface area contributed by atoms with Gasteiger partial charge in [-0.3, -0.25) is 4.90 Å². The normalized spacial score (nSPS) is 23.1. The van der Waals surface area contributed by atoms with Crippen LogP contribution in [-0.2, 0) is 32.4 Å². The van der Waals surface area contributed by atoms with E-state index in [-0.39, 0.29) is 23.4 Å². The number of nitrogens with zero attached hydrogens (tertiary/aromatic N) is 3. The van der Waals surface area contributed by atoms with Crippen LogP contribution >= 0.6 is 0 Å². The lowest BCUT2D eigenvalue weighted by Gasteiger charge is -2.40. The molecule has 1 amide bonds. The van der Waals surface area contributed by atoms with Gasteiger partial charge in [0.05, 0.1) is 18.3 Å². The summed E-state index contributed by atoms with van der Waals surface area (Å²) in [6.07, 6.45) is 1.30. The van der Waals surface area contributed by atoms with Crippen LogP contribution in [-0.4, -0.2) is 59.9 Å². The zero-order valence-corrected chi connectivity index (χ0v) is 20.7. The Morgan fingerprint density at radius 2 is 2.00 bits per heavy atom. The number of amides is 1. The number of benzene rings is 1. The fourth-order valence-corrected chi connectivity index (χ4v) is 4.82. The maximum Gasteiger partial charge on any atom is 0.407 e. The van der Waals surface area contributed by atoms with E-state index in [2.05, 4.69) is 15.3 Å². The average Bonchev–Trinajstić information content (AvgIpc) is 3.17. The first-order valence-electron chi connectivity index (χ1n) is 11.1. The van der Waals surface area contributed by atoms with Gasteiger partial charge in [-0.2, -0.15) is 0 Å². The molecule has 0 bridgehead atoms. The van der Waals surface area contributed by atoms with Crippen molar-refractivity contribution in [2.24, 2.45) is 0 Å². The van der Waals surface area contributed by atoms with E-state index in [1.807, 2.05) is 4.90 Å². The molecular formula is C23H28F2N4O5S. The molecule has 4 rings (SSSR count). The van der Waals surface area contributed by atoms with Crippen molar-refractivity contribution >= 4 is 15.9 Å². The number of hydrogen-bond acceptors (Lipinski definition) is 8.